The van der Waals surface area contributed by atoms with Crippen molar-refractivity contribution in [2.24, 2.45) is 11.7 Å². The molecule has 88 valence electrons. The van der Waals surface area contributed by atoms with Gasteiger partial charge >= 0.3 is 0 Å². The van der Waals surface area contributed by atoms with E-state index in [0.29, 0.717) is 6.54 Å². The van der Waals surface area contributed by atoms with Gasteiger partial charge in [-0.25, -0.2) is 0 Å². The van der Waals surface area contributed by atoms with Gasteiger partial charge in [-0.15, -0.1) is 0 Å². The molecule has 1 aromatic rings. The summed E-state index contributed by atoms with van der Waals surface area (Å²) < 4.78 is 1.04. The van der Waals surface area contributed by atoms with Crippen LogP contribution < -0.4 is 5.73 Å². The monoisotopic (exact) mass is 283 g/mol. The Balaban J connectivity index is 2.07. The molecule has 0 spiro atoms. The smallest absolute Gasteiger partial charge is 0.0623 e. The summed E-state index contributed by atoms with van der Waals surface area (Å²) >= 11 is 3.45. The maximum absolute atomic E-state index is 10.2. The maximum Gasteiger partial charge on any atom is 0.0623 e. The predicted octanol–water partition coefficient (Wildman–Crippen LogP) is 2.65. The quantitative estimate of drug-likeness (QED) is 0.873. The summed E-state index contributed by atoms with van der Waals surface area (Å²) in [5, 5.41) is 10.2. The van der Waals surface area contributed by atoms with Gasteiger partial charge in [0, 0.05) is 16.9 Å². The van der Waals surface area contributed by atoms with Gasteiger partial charge in [0.2, 0.25) is 0 Å². The van der Waals surface area contributed by atoms with Crippen LogP contribution in [0.3, 0.4) is 0 Å². The van der Waals surface area contributed by atoms with Crippen LogP contribution in [0.4, 0.5) is 0 Å². The topological polar surface area (TPSA) is 46.2 Å². The number of hydrogen-bond donors (Lipinski definition) is 2. The van der Waals surface area contributed by atoms with E-state index in [1.807, 2.05) is 24.3 Å². The highest BCUT2D eigenvalue weighted by atomic mass is 79.9. The maximum atomic E-state index is 10.2. The van der Waals surface area contributed by atoms with E-state index in [2.05, 4.69) is 15.9 Å². The molecule has 1 saturated carbocycles. The average molecular weight is 284 g/mol. The fraction of sp³-hybridized carbons (Fsp3) is 0.538. The number of nitrogens with two attached hydrogens (primary N) is 1. The molecule has 0 radical (unpaired) electrons. The van der Waals surface area contributed by atoms with E-state index in [-0.39, 0.29) is 12.0 Å². The third kappa shape index (κ3) is 3.06. The largest absolute Gasteiger partial charge is 0.392 e. The molecule has 0 aliphatic heterocycles. The van der Waals surface area contributed by atoms with Crippen molar-refractivity contribution in [2.45, 2.75) is 31.3 Å². The van der Waals surface area contributed by atoms with Crippen LogP contribution >= 0.6 is 15.9 Å². The standard InChI is InChI=1S/C13H18BrNO/c14-11-3-1-2-10(7-11)12(8-15)13(16)6-9-4-5-9/h1-3,7,9,12-13,16H,4-6,8,15H2. The molecule has 0 heterocycles. The normalized spacial score (nSPS) is 19.4. The Morgan fingerprint density at radius 1 is 1.44 bits per heavy atom. The SMILES string of the molecule is NCC(c1cccc(Br)c1)C(O)CC1CC1. The van der Waals surface area contributed by atoms with Crippen LogP contribution in [0.25, 0.3) is 0 Å². The van der Waals surface area contributed by atoms with Gasteiger partial charge < -0.3 is 10.8 Å². The summed E-state index contributed by atoms with van der Waals surface area (Å²) in [4.78, 5) is 0. The number of benzene rings is 1. The molecular weight excluding hydrogens is 266 g/mol. The third-order valence-electron chi connectivity index (χ3n) is 3.27. The molecule has 2 unspecified atom stereocenters. The second-order valence-electron chi connectivity index (χ2n) is 4.64. The highest BCUT2D eigenvalue weighted by Crippen LogP contribution is 2.36. The first kappa shape index (κ1) is 12.1. The van der Waals surface area contributed by atoms with Crippen molar-refractivity contribution in [1.29, 1.82) is 0 Å². The summed E-state index contributed by atoms with van der Waals surface area (Å²) in [5.74, 6) is 0.800. The molecule has 0 aromatic heterocycles. The molecule has 0 saturated heterocycles. The Hall–Kier alpha value is -0.380. The zero-order chi connectivity index (χ0) is 11.5. The molecule has 1 fully saturated rings. The summed E-state index contributed by atoms with van der Waals surface area (Å²) in [6, 6.07) is 8.07. The Labute approximate surface area is 105 Å². The molecular formula is C13H18BrNO. The lowest BCUT2D eigenvalue weighted by molar-refractivity contribution is 0.129. The van der Waals surface area contributed by atoms with E-state index in [4.69, 9.17) is 5.73 Å². The van der Waals surface area contributed by atoms with Gasteiger partial charge in [0.25, 0.3) is 0 Å². The van der Waals surface area contributed by atoms with Crippen LogP contribution in [-0.4, -0.2) is 17.8 Å². The van der Waals surface area contributed by atoms with Crippen LogP contribution in [0.2, 0.25) is 0 Å². The summed E-state index contributed by atoms with van der Waals surface area (Å²) in [5.41, 5.74) is 6.91. The number of rotatable bonds is 5. The van der Waals surface area contributed by atoms with E-state index in [1.165, 1.54) is 12.8 Å². The summed E-state index contributed by atoms with van der Waals surface area (Å²) in [7, 11) is 0. The van der Waals surface area contributed by atoms with E-state index < -0.39 is 0 Å². The van der Waals surface area contributed by atoms with E-state index >= 15 is 0 Å². The third-order valence-corrected chi connectivity index (χ3v) is 3.76. The van der Waals surface area contributed by atoms with E-state index in [0.717, 1.165) is 22.4 Å². The van der Waals surface area contributed by atoms with Gasteiger partial charge in [0.1, 0.15) is 0 Å². The molecule has 3 N–H and O–H groups in total. The summed E-state index contributed by atoms with van der Waals surface area (Å²) in [6.07, 6.45) is 3.14. The summed E-state index contributed by atoms with van der Waals surface area (Å²) in [6.45, 7) is 0.504. The van der Waals surface area contributed by atoms with E-state index in [1.54, 1.807) is 0 Å². The van der Waals surface area contributed by atoms with Crippen molar-refractivity contribution >= 4 is 15.9 Å². The molecule has 2 rings (SSSR count). The van der Waals surface area contributed by atoms with Crippen molar-refractivity contribution < 1.29 is 5.11 Å². The van der Waals surface area contributed by atoms with Crippen molar-refractivity contribution in [2.75, 3.05) is 6.54 Å². The Kier molecular flexibility index (Phi) is 4.00. The molecule has 16 heavy (non-hydrogen) atoms. The van der Waals surface area contributed by atoms with Crippen molar-refractivity contribution in [1.82, 2.24) is 0 Å². The minimum atomic E-state index is -0.299. The van der Waals surface area contributed by atoms with Gasteiger partial charge in [0.15, 0.2) is 0 Å². The predicted molar refractivity (Wildman–Crippen MR) is 69.3 cm³/mol. The average Bonchev–Trinajstić information content (AvgIpc) is 3.03. The van der Waals surface area contributed by atoms with Crippen LogP contribution in [-0.2, 0) is 0 Å². The fourth-order valence-corrected chi connectivity index (χ4v) is 2.53. The van der Waals surface area contributed by atoms with Crippen LogP contribution in [0.1, 0.15) is 30.7 Å². The van der Waals surface area contributed by atoms with Gasteiger partial charge in [-0.1, -0.05) is 40.9 Å². The van der Waals surface area contributed by atoms with E-state index in [9.17, 15) is 5.11 Å². The lowest BCUT2D eigenvalue weighted by Crippen LogP contribution is -2.26. The molecule has 3 heteroatoms. The van der Waals surface area contributed by atoms with Crippen molar-refractivity contribution in [3.8, 4) is 0 Å². The molecule has 1 aliphatic rings. The van der Waals surface area contributed by atoms with Crippen LogP contribution in [0.15, 0.2) is 28.7 Å². The highest BCUT2D eigenvalue weighted by Gasteiger charge is 2.29. The van der Waals surface area contributed by atoms with Gasteiger partial charge in [-0.2, -0.15) is 0 Å². The lowest BCUT2D eigenvalue weighted by Gasteiger charge is -2.22. The first-order valence-corrected chi connectivity index (χ1v) is 6.63. The van der Waals surface area contributed by atoms with Crippen LogP contribution in [0.5, 0.6) is 0 Å². The van der Waals surface area contributed by atoms with Gasteiger partial charge in [-0.05, 0) is 30.0 Å². The Morgan fingerprint density at radius 3 is 2.75 bits per heavy atom. The first-order valence-electron chi connectivity index (χ1n) is 5.84. The molecule has 0 amide bonds. The second-order valence-corrected chi connectivity index (χ2v) is 5.56. The molecule has 2 nitrogen and oxygen atoms in total. The molecule has 0 bridgehead atoms. The zero-order valence-corrected chi connectivity index (χ0v) is 10.9. The fourth-order valence-electron chi connectivity index (χ4n) is 2.11. The Morgan fingerprint density at radius 2 is 2.19 bits per heavy atom. The molecule has 2 atom stereocenters. The molecule has 1 aliphatic carbocycles. The number of aliphatic hydroxyl groups is 1. The number of aliphatic hydroxyl groups excluding tert-OH is 1. The minimum absolute atomic E-state index is 0.0677. The van der Waals surface area contributed by atoms with Crippen molar-refractivity contribution in [3.05, 3.63) is 34.3 Å². The zero-order valence-electron chi connectivity index (χ0n) is 9.27. The second kappa shape index (κ2) is 5.30. The number of halogens is 1. The van der Waals surface area contributed by atoms with Crippen LogP contribution in [0, 0.1) is 5.92 Å². The Bertz CT molecular complexity index is 352. The highest BCUT2D eigenvalue weighted by molar-refractivity contribution is 9.10. The molecule has 1 aromatic carbocycles. The first-order chi connectivity index (χ1) is 7.70. The lowest BCUT2D eigenvalue weighted by atomic mass is 9.90. The van der Waals surface area contributed by atoms with Gasteiger partial charge in [-0.3, -0.25) is 0 Å². The van der Waals surface area contributed by atoms with Crippen molar-refractivity contribution in [3.63, 3.8) is 0 Å². The van der Waals surface area contributed by atoms with Gasteiger partial charge in [0.05, 0.1) is 6.10 Å². The minimum Gasteiger partial charge on any atom is -0.392 e. The number of hydrogen-bond acceptors (Lipinski definition) is 2.